The Labute approximate surface area is 129 Å². The van der Waals surface area contributed by atoms with Gasteiger partial charge in [-0.2, -0.15) is 11.8 Å². The highest BCUT2D eigenvalue weighted by Crippen LogP contribution is 2.12. The third-order valence-electron chi connectivity index (χ3n) is 3.28. The van der Waals surface area contributed by atoms with E-state index in [0.717, 1.165) is 16.7 Å². The summed E-state index contributed by atoms with van der Waals surface area (Å²) >= 11 is 1.55. The molecule has 1 unspecified atom stereocenters. The SMILES string of the molecule is CSCCC(NC(=O)NCc1c(C)cccc1C)C(=O)O. The number of carbonyl (C=O) groups excluding carboxylic acids is 1. The lowest BCUT2D eigenvalue weighted by Crippen LogP contribution is -2.46. The molecule has 1 aromatic carbocycles. The second kappa shape index (κ2) is 8.56. The Morgan fingerprint density at radius 1 is 1.29 bits per heavy atom. The van der Waals surface area contributed by atoms with Crippen molar-refractivity contribution in [2.45, 2.75) is 32.9 Å². The number of thioether (sulfide) groups is 1. The molecule has 116 valence electrons. The van der Waals surface area contributed by atoms with Crippen LogP contribution in [0.2, 0.25) is 0 Å². The topological polar surface area (TPSA) is 78.4 Å². The van der Waals surface area contributed by atoms with E-state index in [9.17, 15) is 9.59 Å². The molecule has 1 atom stereocenters. The molecule has 6 heteroatoms. The van der Waals surface area contributed by atoms with E-state index < -0.39 is 18.0 Å². The van der Waals surface area contributed by atoms with Crippen LogP contribution in [0, 0.1) is 13.8 Å². The predicted octanol–water partition coefficient (Wildman–Crippen LogP) is 2.31. The molecule has 0 heterocycles. The molecule has 1 rings (SSSR count). The van der Waals surface area contributed by atoms with Crippen LogP contribution in [-0.4, -0.2) is 35.2 Å². The van der Waals surface area contributed by atoms with E-state index >= 15 is 0 Å². The van der Waals surface area contributed by atoms with Crippen molar-refractivity contribution in [2.75, 3.05) is 12.0 Å². The fourth-order valence-electron chi connectivity index (χ4n) is 2.00. The fourth-order valence-corrected chi connectivity index (χ4v) is 2.47. The number of carboxylic acids is 1. The average Bonchev–Trinajstić information content (AvgIpc) is 2.42. The molecule has 0 aromatic heterocycles. The van der Waals surface area contributed by atoms with Gasteiger partial charge in [0.15, 0.2) is 0 Å². The van der Waals surface area contributed by atoms with Crippen LogP contribution >= 0.6 is 11.8 Å². The lowest BCUT2D eigenvalue weighted by molar-refractivity contribution is -0.139. The van der Waals surface area contributed by atoms with Crippen LogP contribution in [0.15, 0.2) is 18.2 Å². The molecule has 0 saturated heterocycles. The highest BCUT2D eigenvalue weighted by Gasteiger charge is 2.19. The van der Waals surface area contributed by atoms with Gasteiger partial charge in [-0.25, -0.2) is 9.59 Å². The molecule has 0 radical (unpaired) electrons. The van der Waals surface area contributed by atoms with Crippen LogP contribution < -0.4 is 10.6 Å². The molecule has 0 aliphatic carbocycles. The van der Waals surface area contributed by atoms with Gasteiger partial charge in [0, 0.05) is 6.54 Å². The van der Waals surface area contributed by atoms with E-state index in [0.29, 0.717) is 18.7 Å². The fraction of sp³-hybridized carbons (Fsp3) is 0.467. The number of aryl methyl sites for hydroxylation is 2. The molecule has 21 heavy (non-hydrogen) atoms. The molecular formula is C15H22N2O3S. The van der Waals surface area contributed by atoms with E-state index in [-0.39, 0.29) is 0 Å². The average molecular weight is 310 g/mol. The molecule has 3 N–H and O–H groups in total. The van der Waals surface area contributed by atoms with E-state index in [1.165, 1.54) is 0 Å². The Balaban J connectivity index is 2.55. The first kappa shape index (κ1) is 17.4. The van der Waals surface area contributed by atoms with Crippen LogP contribution in [0.3, 0.4) is 0 Å². The maximum absolute atomic E-state index is 11.8. The first-order chi connectivity index (χ1) is 9.95. The van der Waals surface area contributed by atoms with E-state index in [1.54, 1.807) is 11.8 Å². The minimum Gasteiger partial charge on any atom is -0.480 e. The molecule has 0 fully saturated rings. The third kappa shape index (κ3) is 5.67. The van der Waals surface area contributed by atoms with Crippen molar-refractivity contribution in [1.29, 1.82) is 0 Å². The first-order valence-electron chi connectivity index (χ1n) is 6.77. The molecular weight excluding hydrogens is 288 g/mol. The number of urea groups is 1. The normalized spacial score (nSPS) is 11.8. The monoisotopic (exact) mass is 310 g/mol. The maximum Gasteiger partial charge on any atom is 0.326 e. The highest BCUT2D eigenvalue weighted by atomic mass is 32.2. The summed E-state index contributed by atoms with van der Waals surface area (Å²) in [4.78, 5) is 22.9. The molecule has 0 bridgehead atoms. The van der Waals surface area contributed by atoms with Gasteiger partial charge in [-0.05, 0) is 49.0 Å². The Morgan fingerprint density at radius 2 is 1.90 bits per heavy atom. The largest absolute Gasteiger partial charge is 0.480 e. The minimum atomic E-state index is -1.01. The number of nitrogens with one attached hydrogen (secondary N) is 2. The summed E-state index contributed by atoms with van der Waals surface area (Å²) in [6, 6.07) is 4.64. The molecule has 0 spiro atoms. The summed E-state index contributed by atoms with van der Waals surface area (Å²) in [7, 11) is 0. The zero-order valence-corrected chi connectivity index (χ0v) is 13.4. The number of carboxylic acid groups (broad SMARTS) is 1. The minimum absolute atomic E-state index is 0.388. The van der Waals surface area contributed by atoms with Gasteiger partial charge in [0.1, 0.15) is 6.04 Å². The van der Waals surface area contributed by atoms with Crippen LogP contribution in [0.5, 0.6) is 0 Å². The molecule has 2 amide bonds. The van der Waals surface area contributed by atoms with Gasteiger partial charge in [-0.15, -0.1) is 0 Å². The number of hydrogen-bond donors (Lipinski definition) is 3. The number of hydrogen-bond acceptors (Lipinski definition) is 3. The summed E-state index contributed by atoms with van der Waals surface area (Å²) in [5.74, 6) is -0.319. The van der Waals surface area contributed by atoms with Crippen molar-refractivity contribution in [2.24, 2.45) is 0 Å². The van der Waals surface area contributed by atoms with Crippen molar-refractivity contribution in [1.82, 2.24) is 10.6 Å². The molecule has 0 aliphatic rings. The van der Waals surface area contributed by atoms with Crippen LogP contribution in [-0.2, 0) is 11.3 Å². The molecule has 0 saturated carbocycles. The number of benzene rings is 1. The van der Waals surface area contributed by atoms with Gasteiger partial charge in [-0.3, -0.25) is 0 Å². The van der Waals surface area contributed by atoms with Gasteiger partial charge in [0.2, 0.25) is 0 Å². The van der Waals surface area contributed by atoms with Crippen molar-refractivity contribution in [3.8, 4) is 0 Å². The second-order valence-electron chi connectivity index (χ2n) is 4.87. The summed E-state index contributed by atoms with van der Waals surface area (Å²) in [6.45, 7) is 4.36. The lowest BCUT2D eigenvalue weighted by atomic mass is 10.0. The molecule has 1 aromatic rings. The third-order valence-corrected chi connectivity index (χ3v) is 3.93. The summed E-state index contributed by atoms with van der Waals surface area (Å²) < 4.78 is 0. The second-order valence-corrected chi connectivity index (χ2v) is 5.86. The summed E-state index contributed by atoms with van der Waals surface area (Å²) in [5.41, 5.74) is 3.27. The van der Waals surface area contributed by atoms with Crippen LogP contribution in [0.1, 0.15) is 23.1 Å². The van der Waals surface area contributed by atoms with Gasteiger partial charge in [0.05, 0.1) is 0 Å². The van der Waals surface area contributed by atoms with E-state index in [1.807, 2.05) is 38.3 Å². The summed E-state index contributed by atoms with van der Waals surface area (Å²) in [6.07, 6.45) is 2.31. The molecule has 0 aliphatic heterocycles. The smallest absolute Gasteiger partial charge is 0.326 e. The van der Waals surface area contributed by atoms with Crippen molar-refractivity contribution >= 4 is 23.8 Å². The quantitative estimate of drug-likeness (QED) is 0.722. The van der Waals surface area contributed by atoms with E-state index in [4.69, 9.17) is 5.11 Å². The predicted molar refractivity (Wildman–Crippen MR) is 85.7 cm³/mol. The highest BCUT2D eigenvalue weighted by molar-refractivity contribution is 7.98. The number of amides is 2. The summed E-state index contributed by atoms with van der Waals surface area (Å²) in [5, 5.41) is 14.3. The van der Waals surface area contributed by atoms with Gasteiger partial charge < -0.3 is 15.7 Å². The number of aliphatic carboxylic acids is 1. The van der Waals surface area contributed by atoms with Crippen molar-refractivity contribution < 1.29 is 14.7 Å². The molecule has 5 nitrogen and oxygen atoms in total. The zero-order valence-electron chi connectivity index (χ0n) is 12.6. The van der Waals surface area contributed by atoms with Crippen molar-refractivity contribution in [3.63, 3.8) is 0 Å². The Bertz CT molecular complexity index is 485. The zero-order chi connectivity index (χ0) is 15.8. The van der Waals surface area contributed by atoms with Gasteiger partial charge in [-0.1, -0.05) is 18.2 Å². The van der Waals surface area contributed by atoms with Gasteiger partial charge >= 0.3 is 12.0 Å². The van der Waals surface area contributed by atoms with Crippen LogP contribution in [0.25, 0.3) is 0 Å². The van der Waals surface area contributed by atoms with Crippen molar-refractivity contribution in [3.05, 3.63) is 34.9 Å². The van der Waals surface area contributed by atoms with Gasteiger partial charge in [0.25, 0.3) is 0 Å². The number of carbonyl (C=O) groups is 2. The maximum atomic E-state index is 11.8. The first-order valence-corrected chi connectivity index (χ1v) is 8.16. The van der Waals surface area contributed by atoms with Crippen LogP contribution in [0.4, 0.5) is 4.79 Å². The Morgan fingerprint density at radius 3 is 2.43 bits per heavy atom. The lowest BCUT2D eigenvalue weighted by Gasteiger charge is -2.16. The Hall–Kier alpha value is -1.69. The Kier molecular flexibility index (Phi) is 7.08. The van der Waals surface area contributed by atoms with E-state index in [2.05, 4.69) is 10.6 Å². The standard InChI is InChI=1S/C15H22N2O3S/c1-10-5-4-6-11(2)12(10)9-16-15(20)17-13(14(18)19)7-8-21-3/h4-6,13H,7-9H2,1-3H3,(H,18,19)(H2,16,17,20). The number of rotatable bonds is 7.